The molecule has 0 fully saturated rings. The number of carbonyl (C=O) groups is 1. The van der Waals surface area contributed by atoms with Crippen molar-refractivity contribution in [2.75, 3.05) is 6.61 Å². The molecule has 0 aliphatic heterocycles. The van der Waals surface area contributed by atoms with Gasteiger partial charge in [0.1, 0.15) is 22.9 Å². The first-order valence-corrected chi connectivity index (χ1v) is 8.76. The zero-order valence-electron chi connectivity index (χ0n) is 13.9. The molecule has 0 spiro atoms. The number of aromatic nitrogens is 2. The SMILES string of the molecule is CC(C)c1ccccc1OCC(=O)OCc1nc2ccsc2c(=O)[nH]1. The van der Waals surface area contributed by atoms with Gasteiger partial charge in [0.2, 0.25) is 0 Å². The molecule has 0 saturated heterocycles. The van der Waals surface area contributed by atoms with Gasteiger partial charge in [0.05, 0.1) is 5.52 Å². The molecule has 0 unspecified atom stereocenters. The lowest BCUT2D eigenvalue weighted by Gasteiger charge is -2.13. The molecule has 7 heteroatoms. The van der Waals surface area contributed by atoms with E-state index in [4.69, 9.17) is 9.47 Å². The highest BCUT2D eigenvalue weighted by molar-refractivity contribution is 7.17. The Morgan fingerprint density at radius 2 is 2.08 bits per heavy atom. The van der Waals surface area contributed by atoms with Gasteiger partial charge < -0.3 is 14.5 Å². The van der Waals surface area contributed by atoms with Gasteiger partial charge >= 0.3 is 5.97 Å². The first-order valence-electron chi connectivity index (χ1n) is 7.88. The third-order valence-corrected chi connectivity index (χ3v) is 4.52. The van der Waals surface area contributed by atoms with Gasteiger partial charge in [-0.2, -0.15) is 0 Å². The summed E-state index contributed by atoms with van der Waals surface area (Å²) in [6, 6.07) is 9.34. The molecular weight excluding hydrogens is 340 g/mol. The number of esters is 1. The lowest BCUT2D eigenvalue weighted by atomic mass is 10.0. The Balaban J connectivity index is 1.58. The number of carbonyl (C=O) groups excluding carboxylic acids is 1. The van der Waals surface area contributed by atoms with Crippen LogP contribution < -0.4 is 10.3 Å². The van der Waals surface area contributed by atoms with Crippen molar-refractivity contribution < 1.29 is 14.3 Å². The molecule has 2 aromatic heterocycles. The summed E-state index contributed by atoms with van der Waals surface area (Å²) >= 11 is 1.32. The van der Waals surface area contributed by atoms with Crippen LogP contribution in [0.5, 0.6) is 5.75 Å². The fourth-order valence-electron chi connectivity index (χ4n) is 2.41. The Bertz CT molecular complexity index is 945. The van der Waals surface area contributed by atoms with E-state index in [1.165, 1.54) is 11.3 Å². The molecule has 0 aliphatic carbocycles. The summed E-state index contributed by atoms with van der Waals surface area (Å²) in [5.74, 6) is 0.748. The summed E-state index contributed by atoms with van der Waals surface area (Å²) in [4.78, 5) is 30.6. The molecule has 0 radical (unpaired) electrons. The predicted octanol–water partition coefficient (Wildman–Crippen LogP) is 3.23. The Labute approximate surface area is 148 Å². The zero-order chi connectivity index (χ0) is 17.8. The van der Waals surface area contributed by atoms with E-state index in [0.29, 0.717) is 27.7 Å². The summed E-state index contributed by atoms with van der Waals surface area (Å²) < 4.78 is 11.3. The highest BCUT2D eigenvalue weighted by Gasteiger charge is 2.11. The Morgan fingerprint density at radius 1 is 1.28 bits per heavy atom. The highest BCUT2D eigenvalue weighted by Crippen LogP contribution is 2.25. The molecule has 0 saturated carbocycles. The van der Waals surface area contributed by atoms with Crippen molar-refractivity contribution in [3.05, 3.63) is 57.5 Å². The molecule has 3 rings (SSSR count). The quantitative estimate of drug-likeness (QED) is 0.684. The van der Waals surface area contributed by atoms with Crippen LogP contribution in [0.3, 0.4) is 0 Å². The normalized spacial score (nSPS) is 11.0. The molecule has 0 aliphatic rings. The van der Waals surface area contributed by atoms with Crippen LogP contribution in [0.1, 0.15) is 31.2 Å². The fraction of sp³-hybridized carbons (Fsp3) is 0.278. The van der Waals surface area contributed by atoms with Crippen molar-refractivity contribution in [2.45, 2.75) is 26.4 Å². The second-order valence-corrected chi connectivity index (χ2v) is 6.71. The van der Waals surface area contributed by atoms with Gasteiger partial charge in [-0.05, 0) is 29.0 Å². The Hall–Kier alpha value is -2.67. The minimum Gasteiger partial charge on any atom is -0.482 e. The molecule has 1 N–H and O–H groups in total. The van der Waals surface area contributed by atoms with Crippen molar-refractivity contribution in [3.63, 3.8) is 0 Å². The highest BCUT2D eigenvalue weighted by atomic mass is 32.1. The van der Waals surface area contributed by atoms with Crippen LogP contribution in [0.4, 0.5) is 0 Å². The number of benzene rings is 1. The summed E-state index contributed by atoms with van der Waals surface area (Å²) in [5.41, 5.74) is 1.40. The van der Waals surface area contributed by atoms with Crippen molar-refractivity contribution in [2.24, 2.45) is 0 Å². The van der Waals surface area contributed by atoms with E-state index in [1.54, 1.807) is 11.4 Å². The maximum absolute atomic E-state index is 11.9. The maximum Gasteiger partial charge on any atom is 0.344 e. The molecule has 0 bridgehead atoms. The van der Waals surface area contributed by atoms with E-state index in [2.05, 4.69) is 23.8 Å². The predicted molar refractivity (Wildman–Crippen MR) is 96.1 cm³/mol. The Morgan fingerprint density at radius 3 is 2.88 bits per heavy atom. The molecule has 2 heterocycles. The average Bonchev–Trinajstić information content (AvgIpc) is 3.07. The smallest absolute Gasteiger partial charge is 0.344 e. The maximum atomic E-state index is 11.9. The third-order valence-electron chi connectivity index (χ3n) is 3.62. The molecule has 0 atom stereocenters. The molecule has 3 aromatic rings. The van der Waals surface area contributed by atoms with Gasteiger partial charge in [-0.15, -0.1) is 11.3 Å². The topological polar surface area (TPSA) is 81.3 Å². The first-order chi connectivity index (χ1) is 12.0. The van der Waals surface area contributed by atoms with Crippen molar-refractivity contribution in [1.82, 2.24) is 9.97 Å². The van der Waals surface area contributed by atoms with Gasteiger partial charge in [0.15, 0.2) is 6.61 Å². The van der Waals surface area contributed by atoms with Crippen LogP contribution in [0.25, 0.3) is 10.2 Å². The molecule has 0 amide bonds. The number of thiophene rings is 1. The zero-order valence-corrected chi connectivity index (χ0v) is 14.8. The first kappa shape index (κ1) is 17.2. The van der Waals surface area contributed by atoms with Crippen LogP contribution in [0.15, 0.2) is 40.5 Å². The fourth-order valence-corrected chi connectivity index (χ4v) is 3.13. The van der Waals surface area contributed by atoms with E-state index in [9.17, 15) is 9.59 Å². The van der Waals surface area contributed by atoms with E-state index < -0.39 is 5.97 Å². The second kappa shape index (κ2) is 7.48. The molecular formula is C18H18N2O4S. The van der Waals surface area contributed by atoms with Gasteiger partial charge in [0, 0.05) is 0 Å². The molecule has 1 aromatic carbocycles. The van der Waals surface area contributed by atoms with E-state index in [0.717, 1.165) is 5.56 Å². The minimum atomic E-state index is -0.522. The second-order valence-electron chi connectivity index (χ2n) is 5.79. The number of H-pyrrole nitrogens is 1. The van der Waals surface area contributed by atoms with Crippen molar-refractivity contribution in [1.29, 1.82) is 0 Å². The number of para-hydroxylation sites is 1. The van der Waals surface area contributed by atoms with Crippen LogP contribution in [-0.2, 0) is 16.1 Å². The monoisotopic (exact) mass is 358 g/mol. The molecule has 6 nitrogen and oxygen atoms in total. The number of hydrogen-bond acceptors (Lipinski definition) is 6. The summed E-state index contributed by atoms with van der Waals surface area (Å²) in [6.45, 7) is 3.82. The molecule has 25 heavy (non-hydrogen) atoms. The van der Waals surface area contributed by atoms with Crippen molar-refractivity contribution in [3.8, 4) is 5.75 Å². The van der Waals surface area contributed by atoms with E-state index >= 15 is 0 Å². The Kier molecular flexibility index (Phi) is 5.14. The van der Waals surface area contributed by atoms with Gasteiger partial charge in [-0.1, -0.05) is 32.0 Å². The number of aromatic amines is 1. The average molecular weight is 358 g/mol. The van der Waals surface area contributed by atoms with Crippen LogP contribution in [-0.4, -0.2) is 22.5 Å². The summed E-state index contributed by atoms with van der Waals surface area (Å²) in [5, 5.41) is 1.79. The van der Waals surface area contributed by atoms with Crippen LogP contribution in [0.2, 0.25) is 0 Å². The number of rotatable bonds is 6. The summed E-state index contributed by atoms with van der Waals surface area (Å²) in [6.07, 6.45) is 0. The number of nitrogens with one attached hydrogen (secondary N) is 1. The third kappa shape index (κ3) is 4.06. The van der Waals surface area contributed by atoms with E-state index in [1.807, 2.05) is 24.3 Å². The lowest BCUT2D eigenvalue weighted by molar-refractivity contribution is -0.147. The van der Waals surface area contributed by atoms with Crippen LogP contribution >= 0.6 is 11.3 Å². The van der Waals surface area contributed by atoms with Gasteiger partial charge in [-0.25, -0.2) is 9.78 Å². The number of nitrogens with zero attached hydrogens (tertiary/aromatic N) is 1. The summed E-state index contributed by atoms with van der Waals surface area (Å²) in [7, 11) is 0. The minimum absolute atomic E-state index is 0.102. The largest absolute Gasteiger partial charge is 0.482 e. The van der Waals surface area contributed by atoms with Crippen LogP contribution in [0, 0.1) is 0 Å². The van der Waals surface area contributed by atoms with Crippen molar-refractivity contribution >= 4 is 27.5 Å². The van der Waals surface area contributed by atoms with E-state index in [-0.39, 0.29) is 18.8 Å². The number of ether oxygens (including phenoxy) is 2. The standard InChI is InChI=1S/C18H18N2O4S/c1-11(2)12-5-3-4-6-14(12)23-10-16(21)24-9-15-19-13-7-8-25-17(13)18(22)20-15/h3-8,11H,9-10H2,1-2H3,(H,19,20,22). The number of hydrogen-bond donors (Lipinski definition) is 1. The molecule has 130 valence electrons. The van der Waals surface area contributed by atoms with Gasteiger partial charge in [-0.3, -0.25) is 4.79 Å². The lowest BCUT2D eigenvalue weighted by Crippen LogP contribution is -2.18. The number of fused-ring (bicyclic) bond motifs is 1. The van der Waals surface area contributed by atoms with Gasteiger partial charge in [0.25, 0.3) is 5.56 Å².